The van der Waals surface area contributed by atoms with Crippen LogP contribution in [0.25, 0.3) is 0 Å². The number of hydrogen-bond donors (Lipinski definition) is 7. The lowest BCUT2D eigenvalue weighted by molar-refractivity contribution is -0.362. The van der Waals surface area contributed by atoms with Gasteiger partial charge in [-0.3, -0.25) is 0 Å². The quantitative estimate of drug-likeness (QED) is 0.102. The zero-order valence-electron chi connectivity index (χ0n) is 31.4. The number of carbonyl (C=O) groups excluding carboxylic acids is 2. The molecule has 0 amide bonds. The van der Waals surface area contributed by atoms with Gasteiger partial charge >= 0.3 is 11.9 Å². The van der Waals surface area contributed by atoms with E-state index in [1.807, 2.05) is 0 Å². The van der Waals surface area contributed by atoms with Gasteiger partial charge in [0, 0.05) is 31.8 Å². The van der Waals surface area contributed by atoms with Crippen molar-refractivity contribution >= 4 is 11.9 Å². The van der Waals surface area contributed by atoms with Gasteiger partial charge in [0.2, 0.25) is 12.6 Å². The highest BCUT2D eigenvalue weighted by molar-refractivity contribution is 5.89. The molecule has 4 saturated heterocycles. The molecule has 0 radical (unpaired) electrons. The zero-order chi connectivity index (χ0) is 40.6. The lowest BCUT2D eigenvalue weighted by Crippen LogP contribution is -2.61. The van der Waals surface area contributed by atoms with E-state index < -0.39 is 148 Å². The average molecular weight is 809 g/mol. The van der Waals surface area contributed by atoms with Crippen LogP contribution in [0.3, 0.4) is 0 Å². The summed E-state index contributed by atoms with van der Waals surface area (Å²) in [5, 5.41) is 73.3. The number of carbonyl (C=O) groups is 2. The summed E-state index contributed by atoms with van der Waals surface area (Å²) >= 11 is 0. The molecule has 21 nitrogen and oxygen atoms in total. The van der Waals surface area contributed by atoms with Crippen LogP contribution >= 0.6 is 0 Å². The van der Waals surface area contributed by atoms with Crippen molar-refractivity contribution in [1.82, 2.24) is 0 Å². The van der Waals surface area contributed by atoms with Crippen molar-refractivity contribution in [1.29, 1.82) is 0 Å². The maximum atomic E-state index is 12.9. The van der Waals surface area contributed by atoms with E-state index in [-0.39, 0.29) is 24.0 Å². The molecule has 6 aliphatic heterocycles. The molecule has 0 spiro atoms. The van der Waals surface area contributed by atoms with Gasteiger partial charge in [-0.1, -0.05) is 0 Å². The van der Waals surface area contributed by atoms with E-state index in [9.17, 15) is 45.3 Å². The first-order chi connectivity index (χ1) is 26.7. The van der Waals surface area contributed by atoms with Gasteiger partial charge in [-0.25, -0.2) is 9.59 Å². The van der Waals surface area contributed by atoms with Crippen LogP contribution in [0, 0.1) is 23.7 Å². The molecule has 0 aromatic rings. The number of esters is 2. The molecule has 56 heavy (non-hydrogen) atoms. The number of ether oxygens (including phenoxy) is 12. The summed E-state index contributed by atoms with van der Waals surface area (Å²) in [6.07, 6.45) is -18.5. The minimum absolute atomic E-state index is 0.00989. The Morgan fingerprint density at radius 1 is 0.625 bits per heavy atom. The van der Waals surface area contributed by atoms with Gasteiger partial charge in [0.05, 0.1) is 75.1 Å². The third kappa shape index (κ3) is 8.44. The molecule has 0 aromatic carbocycles. The Balaban J connectivity index is 1.13. The molecule has 0 unspecified atom stereocenters. The van der Waals surface area contributed by atoms with Crippen molar-refractivity contribution in [2.75, 3.05) is 34.5 Å². The number of hydrogen-bond acceptors (Lipinski definition) is 21. The van der Waals surface area contributed by atoms with E-state index >= 15 is 0 Å². The molecule has 6 rings (SSSR count). The molecule has 318 valence electrons. The lowest BCUT2D eigenvalue weighted by Gasteiger charge is -2.48. The fraction of sp³-hybridized carbons (Fsp3) is 0.829. The fourth-order valence-corrected chi connectivity index (χ4v) is 8.23. The van der Waals surface area contributed by atoms with Crippen LogP contribution < -0.4 is 0 Å². The Kier molecular flexibility index (Phi) is 13.9. The van der Waals surface area contributed by atoms with Gasteiger partial charge in [-0.15, -0.1) is 0 Å². The topological polar surface area (TPSA) is 287 Å². The van der Waals surface area contributed by atoms with Gasteiger partial charge in [0.25, 0.3) is 0 Å². The summed E-state index contributed by atoms with van der Waals surface area (Å²) in [5.74, 6) is -3.85. The molecule has 0 bridgehead atoms. The molecule has 21 heteroatoms. The SMILES string of the molecule is COC(=O)C1=CO[C@@H](O[C@@H]2O[C@H](CO[C@@H]3C[C@@H]4C(C(=O)OC)=CO[C@@H](O[C@@H]5O[C@H](CO)[C@@H](O)[C@H](O)[C@H]5O)[C@@H]4[C@H](C)O3)[C@@H](O)[C@H](O)[C@H]2O)[C@@H]2[C@H](C)O[C@H](OC)C[C@H]12. The molecule has 6 heterocycles. The molecule has 20 atom stereocenters. The molecular weight excluding hydrogens is 756 g/mol. The van der Waals surface area contributed by atoms with E-state index in [0.29, 0.717) is 0 Å². The number of aliphatic hydroxyl groups excluding tert-OH is 7. The molecule has 4 fully saturated rings. The third-order valence-electron chi connectivity index (χ3n) is 11.3. The molecule has 7 N–H and O–H groups in total. The molecule has 0 saturated carbocycles. The van der Waals surface area contributed by atoms with Gasteiger partial charge in [-0.05, 0) is 13.8 Å². The van der Waals surface area contributed by atoms with Crippen LogP contribution in [0.5, 0.6) is 0 Å². The maximum absolute atomic E-state index is 12.9. The summed E-state index contributed by atoms with van der Waals surface area (Å²) in [7, 11) is 3.91. The smallest absolute Gasteiger partial charge is 0.337 e. The van der Waals surface area contributed by atoms with E-state index in [1.165, 1.54) is 27.6 Å². The minimum Gasteiger partial charge on any atom is -0.471 e. The second-order valence-electron chi connectivity index (χ2n) is 14.6. The Morgan fingerprint density at radius 3 is 1.54 bits per heavy atom. The third-order valence-corrected chi connectivity index (χ3v) is 11.3. The number of rotatable bonds is 11. The predicted molar refractivity (Wildman–Crippen MR) is 177 cm³/mol. The molecule has 0 aromatic heterocycles. The van der Waals surface area contributed by atoms with Gasteiger partial charge in [0.1, 0.15) is 48.8 Å². The highest BCUT2D eigenvalue weighted by atomic mass is 16.8. The highest BCUT2D eigenvalue weighted by Gasteiger charge is 2.54. The van der Waals surface area contributed by atoms with Crippen LogP contribution in [0.1, 0.15) is 26.7 Å². The largest absolute Gasteiger partial charge is 0.471 e. The normalized spacial score (nSPS) is 46.5. The number of aliphatic hydroxyl groups is 7. The van der Waals surface area contributed by atoms with Crippen molar-refractivity contribution in [3.8, 4) is 0 Å². The average Bonchev–Trinajstić information content (AvgIpc) is 3.19. The van der Waals surface area contributed by atoms with Crippen LogP contribution in [-0.2, 0) is 66.4 Å². The van der Waals surface area contributed by atoms with Crippen molar-refractivity contribution < 1.29 is 102 Å². The summed E-state index contributed by atoms with van der Waals surface area (Å²) in [5.41, 5.74) is 0.357. The Hall–Kier alpha value is -2.58. The Labute approximate surface area is 321 Å². The monoisotopic (exact) mass is 808 g/mol. The fourth-order valence-electron chi connectivity index (χ4n) is 8.23. The summed E-state index contributed by atoms with van der Waals surface area (Å²) in [6, 6.07) is 0. The minimum atomic E-state index is -1.75. The lowest BCUT2D eigenvalue weighted by atomic mass is 9.77. The summed E-state index contributed by atoms with van der Waals surface area (Å²) in [4.78, 5) is 25.4. The van der Waals surface area contributed by atoms with Crippen molar-refractivity contribution in [3.63, 3.8) is 0 Å². The van der Waals surface area contributed by atoms with Gasteiger partial charge in [0.15, 0.2) is 25.2 Å². The Morgan fingerprint density at radius 2 is 1.07 bits per heavy atom. The second kappa shape index (κ2) is 18.1. The van der Waals surface area contributed by atoms with E-state index in [2.05, 4.69) is 0 Å². The van der Waals surface area contributed by atoms with Crippen LogP contribution in [0.4, 0.5) is 0 Å². The number of methoxy groups -OCH3 is 3. The zero-order valence-corrected chi connectivity index (χ0v) is 31.4. The van der Waals surface area contributed by atoms with Crippen molar-refractivity contribution in [2.45, 2.75) is 125 Å². The van der Waals surface area contributed by atoms with E-state index in [0.717, 1.165) is 6.26 Å². The molecule has 0 aliphatic carbocycles. The standard InChI is InChI=1S/C35H52O21/c1-12-22-14(6-20(45-3)51-12)16(30(43)46-4)9-49-32(22)56-35-29(42)27(40)25(38)19(54-35)11-48-21-7-15-17(31(44)47-5)10-50-33(23(15)13(2)52-21)55-34-28(41)26(39)24(37)18(8-36)53-34/h9-10,12-15,18-29,32-42H,6-8,11H2,1-5H3/t12-,13-,14+,15+,18+,19+,20-,21-,22+,23+,24+,25+,26-,27-,28+,29+,32-,33-,34-,35-/m0/s1. The Bertz CT molecular complexity index is 1430. The first kappa shape index (κ1) is 43.0. The maximum Gasteiger partial charge on any atom is 0.337 e. The predicted octanol–water partition coefficient (Wildman–Crippen LogP) is -3.15. The first-order valence-electron chi connectivity index (χ1n) is 18.4. The summed E-state index contributed by atoms with van der Waals surface area (Å²) in [6.45, 7) is 2.33. The molecular formula is C35H52O21. The highest BCUT2D eigenvalue weighted by Crippen LogP contribution is 2.45. The van der Waals surface area contributed by atoms with Crippen LogP contribution in [0.15, 0.2) is 23.7 Å². The van der Waals surface area contributed by atoms with E-state index in [1.54, 1.807) is 13.8 Å². The second-order valence-corrected chi connectivity index (χ2v) is 14.6. The van der Waals surface area contributed by atoms with Crippen LogP contribution in [-0.4, -0.2) is 181 Å². The van der Waals surface area contributed by atoms with Crippen LogP contribution in [0.2, 0.25) is 0 Å². The van der Waals surface area contributed by atoms with E-state index in [4.69, 9.17) is 56.8 Å². The van der Waals surface area contributed by atoms with Gasteiger partial charge < -0.3 is 92.6 Å². The first-order valence-corrected chi connectivity index (χ1v) is 18.4. The number of fused-ring (bicyclic) bond motifs is 2. The van der Waals surface area contributed by atoms with Crippen molar-refractivity contribution in [3.05, 3.63) is 23.7 Å². The summed E-state index contributed by atoms with van der Waals surface area (Å²) < 4.78 is 68.4. The molecule has 6 aliphatic rings. The van der Waals surface area contributed by atoms with Crippen molar-refractivity contribution in [2.24, 2.45) is 23.7 Å². The van der Waals surface area contributed by atoms with Gasteiger partial charge in [-0.2, -0.15) is 0 Å².